The van der Waals surface area contributed by atoms with Crippen molar-refractivity contribution in [1.29, 1.82) is 0 Å². The summed E-state index contributed by atoms with van der Waals surface area (Å²) < 4.78 is 38.9. The Labute approximate surface area is 152 Å². The second-order valence-corrected chi connectivity index (χ2v) is 5.88. The zero-order chi connectivity index (χ0) is 18.7. The van der Waals surface area contributed by atoms with Crippen molar-refractivity contribution in [3.05, 3.63) is 83.0 Å². The average molecular weight is 377 g/mol. The minimum atomic E-state index is -4.46. The van der Waals surface area contributed by atoms with E-state index in [9.17, 15) is 18.0 Å². The van der Waals surface area contributed by atoms with Crippen molar-refractivity contribution >= 4 is 23.2 Å². The van der Waals surface area contributed by atoms with E-state index in [0.29, 0.717) is 16.3 Å². The second kappa shape index (κ2) is 7.17. The van der Waals surface area contributed by atoms with Gasteiger partial charge in [0.15, 0.2) is 0 Å². The molecule has 1 amide bonds. The molecule has 0 radical (unpaired) electrons. The third-order valence-electron chi connectivity index (χ3n) is 3.61. The third-order valence-corrected chi connectivity index (χ3v) is 3.84. The number of pyridine rings is 1. The summed E-state index contributed by atoms with van der Waals surface area (Å²) in [6.07, 6.45) is -3.01. The molecular formula is C19H12ClF3N2O. The normalized spacial score (nSPS) is 11.2. The van der Waals surface area contributed by atoms with Crippen LogP contribution in [-0.4, -0.2) is 10.9 Å². The van der Waals surface area contributed by atoms with Crippen molar-refractivity contribution in [3.63, 3.8) is 0 Å². The number of nitrogens with zero attached hydrogens (tertiary/aromatic N) is 1. The van der Waals surface area contributed by atoms with Crippen LogP contribution in [0.3, 0.4) is 0 Å². The molecule has 3 nitrogen and oxygen atoms in total. The highest BCUT2D eigenvalue weighted by Gasteiger charge is 2.30. The molecule has 0 fully saturated rings. The van der Waals surface area contributed by atoms with E-state index in [0.717, 1.165) is 12.1 Å². The molecule has 0 aliphatic rings. The van der Waals surface area contributed by atoms with Crippen LogP contribution in [0.1, 0.15) is 15.9 Å². The first-order valence-corrected chi connectivity index (χ1v) is 7.92. The highest BCUT2D eigenvalue weighted by atomic mass is 35.5. The van der Waals surface area contributed by atoms with Crippen molar-refractivity contribution in [1.82, 2.24) is 4.98 Å². The summed E-state index contributed by atoms with van der Waals surface area (Å²) in [7, 11) is 0. The molecule has 1 heterocycles. The van der Waals surface area contributed by atoms with E-state index in [4.69, 9.17) is 11.6 Å². The van der Waals surface area contributed by atoms with Gasteiger partial charge in [-0.25, -0.2) is 0 Å². The first kappa shape index (κ1) is 17.9. The van der Waals surface area contributed by atoms with Crippen molar-refractivity contribution in [2.24, 2.45) is 0 Å². The van der Waals surface area contributed by atoms with E-state index < -0.39 is 17.6 Å². The Morgan fingerprint density at radius 1 is 1.00 bits per heavy atom. The number of benzene rings is 2. The molecule has 0 unspecified atom stereocenters. The summed E-state index contributed by atoms with van der Waals surface area (Å²) in [5.41, 5.74) is 0.344. The van der Waals surface area contributed by atoms with Gasteiger partial charge in [-0.2, -0.15) is 13.2 Å². The number of alkyl halides is 3. The number of halogens is 4. The lowest BCUT2D eigenvalue weighted by Crippen LogP contribution is -2.13. The molecule has 0 saturated carbocycles. The number of anilines is 1. The Kier molecular flexibility index (Phi) is 4.95. The average Bonchev–Trinajstić information content (AvgIpc) is 2.61. The molecule has 0 atom stereocenters. The Bertz CT molecular complexity index is 957. The Morgan fingerprint density at radius 2 is 1.77 bits per heavy atom. The van der Waals surface area contributed by atoms with Gasteiger partial charge in [0.2, 0.25) is 0 Å². The molecule has 0 bridgehead atoms. The van der Waals surface area contributed by atoms with Gasteiger partial charge in [0.25, 0.3) is 5.91 Å². The molecular weight excluding hydrogens is 365 g/mol. The fourth-order valence-corrected chi connectivity index (χ4v) is 2.59. The molecule has 0 spiro atoms. The third kappa shape index (κ3) is 4.03. The van der Waals surface area contributed by atoms with Crippen molar-refractivity contribution < 1.29 is 18.0 Å². The zero-order valence-electron chi connectivity index (χ0n) is 13.2. The standard InChI is InChI=1S/C19H12ClF3N2O/c20-15-7-2-5-13(11-15)18(26)25-16-8-3-9-24-17(16)12-4-1-6-14(10-12)19(21,22)23/h1-11H,(H,25,26). The molecule has 0 aliphatic carbocycles. The maximum atomic E-state index is 13.0. The van der Waals surface area contributed by atoms with Crippen LogP contribution in [0, 0.1) is 0 Å². The van der Waals surface area contributed by atoms with Gasteiger partial charge >= 0.3 is 6.18 Å². The Hall–Kier alpha value is -2.86. The van der Waals surface area contributed by atoms with Crippen LogP contribution in [0.15, 0.2) is 66.9 Å². The van der Waals surface area contributed by atoms with Gasteiger partial charge in [0, 0.05) is 22.3 Å². The van der Waals surface area contributed by atoms with Gasteiger partial charge < -0.3 is 5.32 Å². The Balaban J connectivity index is 1.96. The van der Waals surface area contributed by atoms with Gasteiger partial charge in [-0.3, -0.25) is 9.78 Å². The summed E-state index contributed by atoms with van der Waals surface area (Å²) in [6.45, 7) is 0. The first-order valence-electron chi connectivity index (χ1n) is 7.54. The molecule has 7 heteroatoms. The smallest absolute Gasteiger partial charge is 0.320 e. The largest absolute Gasteiger partial charge is 0.416 e. The minimum Gasteiger partial charge on any atom is -0.320 e. The van der Waals surface area contributed by atoms with Crippen LogP contribution in [0.2, 0.25) is 5.02 Å². The number of nitrogens with one attached hydrogen (secondary N) is 1. The van der Waals surface area contributed by atoms with Crippen LogP contribution < -0.4 is 5.32 Å². The summed E-state index contributed by atoms with van der Waals surface area (Å²) in [5, 5.41) is 3.07. The maximum Gasteiger partial charge on any atom is 0.416 e. The van der Waals surface area contributed by atoms with E-state index in [-0.39, 0.29) is 11.3 Å². The van der Waals surface area contributed by atoms with Crippen molar-refractivity contribution in [2.45, 2.75) is 6.18 Å². The number of rotatable bonds is 3. The van der Waals surface area contributed by atoms with E-state index in [2.05, 4.69) is 10.3 Å². The minimum absolute atomic E-state index is 0.244. The molecule has 3 rings (SSSR count). The molecule has 0 aliphatic heterocycles. The van der Waals surface area contributed by atoms with Gasteiger partial charge in [-0.05, 0) is 42.5 Å². The van der Waals surface area contributed by atoms with Gasteiger partial charge in [-0.1, -0.05) is 29.8 Å². The second-order valence-electron chi connectivity index (χ2n) is 5.44. The van der Waals surface area contributed by atoms with Crippen LogP contribution in [0.4, 0.5) is 18.9 Å². The fraction of sp³-hybridized carbons (Fsp3) is 0.0526. The quantitative estimate of drug-likeness (QED) is 0.639. The number of aromatic nitrogens is 1. The van der Waals surface area contributed by atoms with Gasteiger partial charge in [-0.15, -0.1) is 0 Å². The molecule has 1 N–H and O–H groups in total. The van der Waals surface area contributed by atoms with Crippen LogP contribution in [0.25, 0.3) is 11.3 Å². The SMILES string of the molecule is O=C(Nc1cccnc1-c1cccc(C(F)(F)F)c1)c1cccc(Cl)c1. The number of carbonyl (C=O) groups excluding carboxylic acids is 1. The maximum absolute atomic E-state index is 13.0. The van der Waals surface area contributed by atoms with E-state index in [1.165, 1.54) is 24.4 Å². The van der Waals surface area contributed by atoms with Crippen LogP contribution >= 0.6 is 11.6 Å². The number of hydrogen-bond acceptors (Lipinski definition) is 2. The lowest BCUT2D eigenvalue weighted by atomic mass is 10.1. The molecule has 1 aromatic heterocycles. The van der Waals surface area contributed by atoms with Crippen molar-refractivity contribution in [3.8, 4) is 11.3 Å². The predicted molar refractivity (Wildman–Crippen MR) is 94.1 cm³/mol. The lowest BCUT2D eigenvalue weighted by Gasteiger charge is -2.12. The molecule has 2 aromatic carbocycles. The summed E-state index contributed by atoms with van der Waals surface area (Å²) in [4.78, 5) is 16.5. The van der Waals surface area contributed by atoms with Gasteiger partial charge in [0.05, 0.1) is 16.9 Å². The zero-order valence-corrected chi connectivity index (χ0v) is 14.0. The number of amides is 1. The summed E-state index contributed by atoms with van der Waals surface area (Å²) >= 11 is 5.88. The highest BCUT2D eigenvalue weighted by Crippen LogP contribution is 2.33. The molecule has 0 saturated heterocycles. The first-order chi connectivity index (χ1) is 12.3. The Morgan fingerprint density at radius 3 is 2.50 bits per heavy atom. The van der Waals surface area contributed by atoms with Gasteiger partial charge in [0.1, 0.15) is 0 Å². The molecule has 26 heavy (non-hydrogen) atoms. The highest BCUT2D eigenvalue weighted by molar-refractivity contribution is 6.31. The predicted octanol–water partition coefficient (Wildman–Crippen LogP) is 5.67. The van der Waals surface area contributed by atoms with E-state index in [1.54, 1.807) is 30.3 Å². The van der Waals surface area contributed by atoms with E-state index >= 15 is 0 Å². The molecule has 132 valence electrons. The lowest BCUT2D eigenvalue weighted by molar-refractivity contribution is -0.137. The summed E-state index contributed by atoms with van der Waals surface area (Å²) in [5.74, 6) is -0.436. The fourth-order valence-electron chi connectivity index (χ4n) is 2.40. The number of carbonyl (C=O) groups is 1. The van der Waals surface area contributed by atoms with Crippen molar-refractivity contribution in [2.75, 3.05) is 5.32 Å². The number of hydrogen-bond donors (Lipinski definition) is 1. The van der Waals surface area contributed by atoms with Crippen LogP contribution in [-0.2, 0) is 6.18 Å². The van der Waals surface area contributed by atoms with Crippen LogP contribution in [0.5, 0.6) is 0 Å². The summed E-state index contributed by atoms with van der Waals surface area (Å²) in [6, 6.07) is 14.3. The van der Waals surface area contributed by atoms with E-state index in [1.807, 2.05) is 0 Å². The molecule has 3 aromatic rings. The monoisotopic (exact) mass is 376 g/mol. The topological polar surface area (TPSA) is 42.0 Å².